The van der Waals surface area contributed by atoms with Crippen molar-refractivity contribution in [3.05, 3.63) is 106 Å². The van der Waals surface area contributed by atoms with Crippen LogP contribution in [-0.2, 0) is 4.79 Å². The van der Waals surface area contributed by atoms with E-state index in [0.717, 1.165) is 0 Å². The van der Waals surface area contributed by atoms with Gasteiger partial charge in [0.05, 0.1) is 6.04 Å². The zero-order chi connectivity index (χ0) is 21.0. The number of halogens is 2. The predicted octanol–water partition coefficient (Wildman–Crippen LogP) is 4.91. The van der Waals surface area contributed by atoms with Gasteiger partial charge in [0.1, 0.15) is 11.9 Å². The Morgan fingerprint density at radius 1 is 0.931 bits per heavy atom. The summed E-state index contributed by atoms with van der Waals surface area (Å²) in [4.78, 5) is 27.3. The molecule has 0 fully saturated rings. The molecule has 0 bridgehead atoms. The van der Waals surface area contributed by atoms with Crippen LogP contribution in [0.1, 0.15) is 40.5 Å². The van der Waals surface area contributed by atoms with E-state index in [4.69, 9.17) is 17.3 Å². The molecule has 0 aromatic heterocycles. The Kier molecular flexibility index (Phi) is 6.29. The van der Waals surface area contributed by atoms with Gasteiger partial charge in [-0.05, 0) is 48.4 Å². The Morgan fingerprint density at radius 2 is 1.52 bits per heavy atom. The molecule has 0 radical (unpaired) electrons. The van der Waals surface area contributed by atoms with Crippen molar-refractivity contribution in [2.75, 3.05) is 0 Å². The highest BCUT2D eigenvalue weighted by atomic mass is 35.5. The number of carbonyl (C=O) groups excluding carboxylic acids is 2. The summed E-state index contributed by atoms with van der Waals surface area (Å²) < 4.78 is 14.0. The summed E-state index contributed by atoms with van der Waals surface area (Å²) >= 11 is 6.02. The molecule has 3 aromatic rings. The molecule has 0 aliphatic heterocycles. The summed E-state index contributed by atoms with van der Waals surface area (Å²) in [6.07, 6.45) is 0. The monoisotopic (exact) mass is 410 g/mol. The summed E-state index contributed by atoms with van der Waals surface area (Å²) in [7, 11) is 0. The van der Waals surface area contributed by atoms with Gasteiger partial charge < -0.3 is 10.6 Å². The van der Waals surface area contributed by atoms with E-state index >= 15 is 0 Å². The van der Waals surface area contributed by atoms with Crippen LogP contribution >= 0.6 is 11.6 Å². The second kappa shape index (κ2) is 8.88. The van der Waals surface area contributed by atoms with Crippen LogP contribution in [-0.4, -0.2) is 16.7 Å². The fourth-order valence-corrected chi connectivity index (χ4v) is 3.55. The van der Waals surface area contributed by atoms with Gasteiger partial charge >= 0.3 is 0 Å². The Morgan fingerprint density at radius 3 is 2.07 bits per heavy atom. The fraction of sp³-hybridized carbons (Fsp3) is 0.130. The normalized spacial score (nSPS) is 12.8. The Bertz CT molecular complexity index is 992. The van der Waals surface area contributed by atoms with E-state index < -0.39 is 29.7 Å². The Hall–Kier alpha value is -3.18. The first-order valence-corrected chi connectivity index (χ1v) is 9.44. The lowest BCUT2D eigenvalue weighted by Crippen LogP contribution is -2.43. The third kappa shape index (κ3) is 4.63. The molecule has 29 heavy (non-hydrogen) atoms. The van der Waals surface area contributed by atoms with Gasteiger partial charge in [0.25, 0.3) is 5.91 Å². The van der Waals surface area contributed by atoms with Crippen LogP contribution in [0.15, 0.2) is 78.9 Å². The van der Waals surface area contributed by atoms with Gasteiger partial charge in [-0.25, -0.2) is 4.39 Å². The average Bonchev–Trinajstić information content (AvgIpc) is 2.71. The topological polar surface area (TPSA) is 63.4 Å². The van der Waals surface area contributed by atoms with Crippen molar-refractivity contribution in [1.82, 2.24) is 4.90 Å². The summed E-state index contributed by atoms with van der Waals surface area (Å²) in [5.41, 5.74) is 7.15. The number of nitrogens with zero attached hydrogens (tertiary/aromatic N) is 1. The Balaban J connectivity index is 2.15. The third-order valence-electron chi connectivity index (χ3n) is 4.70. The molecule has 2 atom stereocenters. The molecule has 6 heteroatoms. The quantitative estimate of drug-likeness (QED) is 0.627. The van der Waals surface area contributed by atoms with Crippen LogP contribution in [0.5, 0.6) is 0 Å². The standard InChI is InChI=1S/C23H20ClFN2O2/c1-15(18-12-19(24)14-20(25)13-18)27(23(29)17-10-6-3-7-11-17)21(22(26)28)16-8-4-2-5-9-16/h2-15,21H,1H3,(H2,26,28)/t15-,21-/m1/s1. The zero-order valence-electron chi connectivity index (χ0n) is 15.8. The van der Waals surface area contributed by atoms with Crippen LogP contribution in [0.4, 0.5) is 4.39 Å². The first kappa shape index (κ1) is 20.6. The SMILES string of the molecule is C[C@H](c1cc(F)cc(Cl)c1)N(C(=O)c1ccccc1)[C@@H](C(N)=O)c1ccccc1. The van der Waals surface area contributed by atoms with Crippen molar-refractivity contribution < 1.29 is 14.0 Å². The van der Waals surface area contributed by atoms with E-state index in [1.165, 1.54) is 17.0 Å². The lowest BCUT2D eigenvalue weighted by Gasteiger charge is -2.35. The molecule has 0 aliphatic carbocycles. The van der Waals surface area contributed by atoms with Crippen LogP contribution in [0, 0.1) is 5.82 Å². The van der Waals surface area contributed by atoms with Gasteiger partial charge in [-0.3, -0.25) is 9.59 Å². The number of amides is 2. The maximum absolute atomic E-state index is 14.0. The molecule has 0 unspecified atom stereocenters. The van der Waals surface area contributed by atoms with Gasteiger partial charge in [0.15, 0.2) is 0 Å². The third-order valence-corrected chi connectivity index (χ3v) is 4.92. The number of hydrogen-bond donors (Lipinski definition) is 1. The molecule has 2 N–H and O–H groups in total. The lowest BCUT2D eigenvalue weighted by atomic mass is 9.98. The van der Waals surface area contributed by atoms with Crippen molar-refractivity contribution in [1.29, 1.82) is 0 Å². The molecule has 3 aromatic carbocycles. The lowest BCUT2D eigenvalue weighted by molar-refractivity contribution is -0.123. The van der Waals surface area contributed by atoms with Gasteiger partial charge in [0.2, 0.25) is 5.91 Å². The number of carbonyl (C=O) groups is 2. The first-order valence-electron chi connectivity index (χ1n) is 9.06. The molecule has 0 spiro atoms. The minimum absolute atomic E-state index is 0.203. The highest BCUT2D eigenvalue weighted by Crippen LogP contribution is 2.33. The first-order chi connectivity index (χ1) is 13.9. The molecule has 2 amide bonds. The highest BCUT2D eigenvalue weighted by molar-refractivity contribution is 6.30. The summed E-state index contributed by atoms with van der Waals surface area (Å²) in [5.74, 6) is -1.61. The van der Waals surface area contributed by atoms with Crippen molar-refractivity contribution in [3.8, 4) is 0 Å². The molecule has 0 saturated heterocycles. The van der Waals surface area contributed by atoms with E-state index in [-0.39, 0.29) is 5.02 Å². The summed E-state index contributed by atoms with van der Waals surface area (Å²) in [6.45, 7) is 1.71. The molecule has 0 aliphatic rings. The molecular weight excluding hydrogens is 391 g/mol. The van der Waals surface area contributed by atoms with Gasteiger partial charge in [-0.2, -0.15) is 0 Å². The summed E-state index contributed by atoms with van der Waals surface area (Å²) in [6, 6.07) is 19.7. The largest absolute Gasteiger partial charge is 0.368 e. The van der Waals surface area contributed by atoms with Crippen LogP contribution in [0.25, 0.3) is 0 Å². The predicted molar refractivity (Wildman–Crippen MR) is 111 cm³/mol. The van der Waals surface area contributed by atoms with E-state index in [0.29, 0.717) is 16.7 Å². The second-order valence-corrected chi connectivity index (χ2v) is 7.11. The fourth-order valence-electron chi connectivity index (χ4n) is 3.32. The van der Waals surface area contributed by atoms with Crippen molar-refractivity contribution in [2.45, 2.75) is 19.0 Å². The average molecular weight is 411 g/mol. The maximum atomic E-state index is 14.0. The molecule has 3 rings (SSSR count). The number of rotatable bonds is 6. The van der Waals surface area contributed by atoms with Crippen LogP contribution in [0.3, 0.4) is 0 Å². The molecule has 148 valence electrons. The molecule has 4 nitrogen and oxygen atoms in total. The van der Waals surface area contributed by atoms with Crippen LogP contribution in [0.2, 0.25) is 5.02 Å². The summed E-state index contributed by atoms with van der Waals surface area (Å²) in [5, 5.41) is 0.203. The smallest absolute Gasteiger partial charge is 0.255 e. The number of nitrogens with two attached hydrogens (primary N) is 1. The van der Waals surface area contributed by atoms with E-state index in [1.807, 2.05) is 0 Å². The number of hydrogen-bond acceptors (Lipinski definition) is 2. The van der Waals surface area contributed by atoms with E-state index in [2.05, 4.69) is 0 Å². The van der Waals surface area contributed by atoms with Crippen LogP contribution < -0.4 is 5.73 Å². The Labute approximate surface area is 173 Å². The van der Waals surface area contributed by atoms with E-state index in [9.17, 15) is 14.0 Å². The van der Waals surface area contributed by atoms with Crippen molar-refractivity contribution in [3.63, 3.8) is 0 Å². The van der Waals surface area contributed by atoms with Gasteiger partial charge in [-0.1, -0.05) is 60.1 Å². The minimum atomic E-state index is -1.04. The zero-order valence-corrected chi connectivity index (χ0v) is 16.5. The maximum Gasteiger partial charge on any atom is 0.255 e. The van der Waals surface area contributed by atoms with Gasteiger partial charge in [0, 0.05) is 10.6 Å². The van der Waals surface area contributed by atoms with Gasteiger partial charge in [-0.15, -0.1) is 0 Å². The minimum Gasteiger partial charge on any atom is -0.368 e. The molecule has 0 heterocycles. The number of benzene rings is 3. The second-order valence-electron chi connectivity index (χ2n) is 6.67. The molecular formula is C23H20ClFN2O2. The van der Waals surface area contributed by atoms with E-state index in [1.54, 1.807) is 73.7 Å². The van der Waals surface area contributed by atoms with Crippen molar-refractivity contribution in [2.24, 2.45) is 5.73 Å². The van der Waals surface area contributed by atoms with Crippen molar-refractivity contribution >= 4 is 23.4 Å². The number of primary amides is 1. The highest BCUT2D eigenvalue weighted by Gasteiger charge is 2.34. The molecule has 0 saturated carbocycles.